The first-order valence-electron chi connectivity index (χ1n) is 8.84. The average Bonchev–Trinajstić information content (AvgIpc) is 3.17. The van der Waals surface area contributed by atoms with E-state index in [4.69, 9.17) is 4.42 Å². The molecule has 0 fully saturated rings. The van der Waals surface area contributed by atoms with Gasteiger partial charge in [0.1, 0.15) is 0 Å². The van der Waals surface area contributed by atoms with Gasteiger partial charge in [-0.05, 0) is 25.1 Å². The third-order valence-electron chi connectivity index (χ3n) is 3.92. The number of hydrogen-bond donors (Lipinski definition) is 2. The largest absolute Gasteiger partial charge is 0.441 e. The van der Waals surface area contributed by atoms with Gasteiger partial charge in [0.2, 0.25) is 5.91 Å². The molecule has 3 rings (SSSR count). The van der Waals surface area contributed by atoms with Gasteiger partial charge in [0.25, 0.3) is 5.91 Å². The molecule has 2 aromatic carbocycles. The van der Waals surface area contributed by atoms with Crippen LogP contribution in [0.3, 0.4) is 0 Å². The summed E-state index contributed by atoms with van der Waals surface area (Å²) < 4.78 is 5.70. The number of carbonyl (C=O) groups excluding carboxylic acids is 2. The quantitative estimate of drug-likeness (QED) is 0.671. The standard InChI is InChI=1S/C21H21N3O3/c1-2-22-21(26)16-9-6-10-17(13-16)24-19(25)11-12-20-23-14-18(27-20)15-7-4-3-5-8-15/h3-10,13-14H,2,11-12H2,1H3,(H,22,26)(H,24,25). The highest BCUT2D eigenvalue weighted by molar-refractivity contribution is 5.97. The predicted octanol–water partition coefficient (Wildman–Crippen LogP) is 3.66. The number of nitrogens with zero attached hydrogens (tertiary/aromatic N) is 1. The molecule has 0 spiro atoms. The number of oxazole rings is 1. The first-order chi connectivity index (χ1) is 13.2. The summed E-state index contributed by atoms with van der Waals surface area (Å²) >= 11 is 0. The highest BCUT2D eigenvalue weighted by Crippen LogP contribution is 2.20. The number of nitrogens with one attached hydrogen (secondary N) is 2. The first kappa shape index (κ1) is 18.4. The Balaban J connectivity index is 1.55. The number of aromatic nitrogens is 1. The maximum atomic E-state index is 12.2. The van der Waals surface area contributed by atoms with Crippen LogP contribution in [-0.2, 0) is 11.2 Å². The molecule has 3 aromatic rings. The highest BCUT2D eigenvalue weighted by Gasteiger charge is 2.10. The molecular weight excluding hydrogens is 342 g/mol. The van der Waals surface area contributed by atoms with Crippen LogP contribution in [0, 0.1) is 0 Å². The summed E-state index contributed by atoms with van der Waals surface area (Å²) in [5.74, 6) is 0.866. The number of amides is 2. The maximum Gasteiger partial charge on any atom is 0.251 e. The Morgan fingerprint density at radius 2 is 1.89 bits per heavy atom. The zero-order valence-corrected chi connectivity index (χ0v) is 15.1. The lowest BCUT2D eigenvalue weighted by atomic mass is 10.2. The number of hydrogen-bond acceptors (Lipinski definition) is 4. The summed E-state index contributed by atoms with van der Waals surface area (Å²) in [6.07, 6.45) is 2.30. The van der Waals surface area contributed by atoms with Crippen molar-refractivity contribution >= 4 is 17.5 Å². The molecule has 0 aliphatic carbocycles. The summed E-state index contributed by atoms with van der Waals surface area (Å²) in [6, 6.07) is 16.5. The molecule has 6 nitrogen and oxygen atoms in total. The van der Waals surface area contributed by atoms with Crippen LogP contribution in [0.2, 0.25) is 0 Å². The van der Waals surface area contributed by atoms with Crippen molar-refractivity contribution < 1.29 is 14.0 Å². The minimum absolute atomic E-state index is 0.164. The molecule has 6 heteroatoms. The van der Waals surface area contributed by atoms with Crippen molar-refractivity contribution in [3.8, 4) is 11.3 Å². The SMILES string of the molecule is CCNC(=O)c1cccc(NC(=O)CCc2ncc(-c3ccccc3)o2)c1. The van der Waals surface area contributed by atoms with Crippen molar-refractivity contribution in [1.29, 1.82) is 0 Å². The van der Waals surface area contributed by atoms with E-state index in [-0.39, 0.29) is 18.2 Å². The van der Waals surface area contributed by atoms with Gasteiger partial charge in [-0.1, -0.05) is 36.4 Å². The molecule has 0 aliphatic heterocycles. The molecule has 0 radical (unpaired) electrons. The van der Waals surface area contributed by atoms with Crippen LogP contribution < -0.4 is 10.6 Å². The smallest absolute Gasteiger partial charge is 0.251 e. The molecule has 1 aromatic heterocycles. The van der Waals surface area contributed by atoms with E-state index in [9.17, 15) is 9.59 Å². The van der Waals surface area contributed by atoms with Gasteiger partial charge in [0, 0.05) is 36.2 Å². The van der Waals surface area contributed by atoms with Gasteiger partial charge >= 0.3 is 0 Å². The third kappa shape index (κ3) is 5.04. The highest BCUT2D eigenvalue weighted by atomic mass is 16.4. The molecule has 0 saturated carbocycles. The minimum Gasteiger partial charge on any atom is -0.441 e. The van der Waals surface area contributed by atoms with Crippen molar-refractivity contribution in [1.82, 2.24) is 10.3 Å². The second-order valence-corrected chi connectivity index (χ2v) is 5.97. The lowest BCUT2D eigenvalue weighted by molar-refractivity contribution is -0.116. The van der Waals surface area contributed by atoms with Gasteiger partial charge in [0.05, 0.1) is 6.20 Å². The predicted molar refractivity (Wildman–Crippen MR) is 103 cm³/mol. The van der Waals surface area contributed by atoms with Crippen LogP contribution in [0.5, 0.6) is 0 Å². The number of rotatable bonds is 7. The lowest BCUT2D eigenvalue weighted by Crippen LogP contribution is -2.22. The van der Waals surface area contributed by atoms with Crippen molar-refractivity contribution in [3.63, 3.8) is 0 Å². The Kier molecular flexibility index (Phi) is 5.99. The van der Waals surface area contributed by atoms with Crippen LogP contribution in [0.25, 0.3) is 11.3 Å². The van der Waals surface area contributed by atoms with E-state index in [0.717, 1.165) is 5.56 Å². The molecule has 0 unspecified atom stereocenters. The molecule has 0 aliphatic rings. The molecule has 2 amide bonds. The van der Waals surface area contributed by atoms with Crippen LogP contribution in [-0.4, -0.2) is 23.3 Å². The summed E-state index contributed by atoms with van der Waals surface area (Å²) in [7, 11) is 0. The monoisotopic (exact) mass is 363 g/mol. The fourth-order valence-electron chi connectivity index (χ4n) is 2.61. The van der Waals surface area contributed by atoms with Crippen molar-refractivity contribution in [2.24, 2.45) is 0 Å². The van der Waals surface area contributed by atoms with Crippen molar-refractivity contribution in [2.75, 3.05) is 11.9 Å². The van der Waals surface area contributed by atoms with E-state index in [1.54, 1.807) is 30.5 Å². The number of carbonyl (C=O) groups is 2. The molecule has 1 heterocycles. The van der Waals surface area contributed by atoms with Crippen LogP contribution in [0.1, 0.15) is 29.6 Å². The Morgan fingerprint density at radius 1 is 1.07 bits per heavy atom. The molecule has 27 heavy (non-hydrogen) atoms. The number of aryl methyl sites for hydroxylation is 1. The first-order valence-corrected chi connectivity index (χ1v) is 8.84. The summed E-state index contributed by atoms with van der Waals surface area (Å²) in [5.41, 5.74) is 2.04. The second kappa shape index (κ2) is 8.80. The molecule has 0 atom stereocenters. The van der Waals surface area contributed by atoms with Gasteiger partial charge in [-0.3, -0.25) is 9.59 Å². The summed E-state index contributed by atoms with van der Waals surface area (Å²) in [5, 5.41) is 5.53. The van der Waals surface area contributed by atoms with Crippen LogP contribution in [0.4, 0.5) is 5.69 Å². The lowest BCUT2D eigenvalue weighted by Gasteiger charge is -2.07. The molecule has 0 saturated heterocycles. The van der Waals surface area contributed by atoms with Crippen molar-refractivity contribution in [3.05, 3.63) is 72.2 Å². The number of anilines is 1. The zero-order chi connectivity index (χ0) is 19.1. The Bertz CT molecular complexity index is 919. The maximum absolute atomic E-state index is 12.2. The molecule has 0 bridgehead atoms. The normalized spacial score (nSPS) is 10.4. The van der Waals surface area contributed by atoms with Crippen molar-refractivity contribution in [2.45, 2.75) is 19.8 Å². The summed E-state index contributed by atoms with van der Waals surface area (Å²) in [6.45, 7) is 2.41. The second-order valence-electron chi connectivity index (χ2n) is 5.97. The third-order valence-corrected chi connectivity index (χ3v) is 3.92. The van der Waals surface area contributed by atoms with Gasteiger partial charge in [0.15, 0.2) is 11.7 Å². The van der Waals surface area contributed by atoms with Gasteiger partial charge in [-0.2, -0.15) is 0 Å². The van der Waals surface area contributed by atoms with E-state index in [0.29, 0.717) is 35.9 Å². The van der Waals surface area contributed by atoms with Gasteiger partial charge in [-0.25, -0.2) is 4.98 Å². The van der Waals surface area contributed by atoms with Gasteiger partial charge in [-0.15, -0.1) is 0 Å². The molecule has 138 valence electrons. The Labute approximate surface area is 157 Å². The fraction of sp³-hybridized carbons (Fsp3) is 0.190. The Hall–Kier alpha value is -3.41. The zero-order valence-electron chi connectivity index (χ0n) is 15.1. The average molecular weight is 363 g/mol. The topological polar surface area (TPSA) is 84.2 Å². The Morgan fingerprint density at radius 3 is 2.67 bits per heavy atom. The minimum atomic E-state index is -0.165. The summed E-state index contributed by atoms with van der Waals surface area (Å²) in [4.78, 5) is 28.3. The van der Waals surface area contributed by atoms with E-state index < -0.39 is 0 Å². The van der Waals surface area contributed by atoms with E-state index in [2.05, 4.69) is 15.6 Å². The van der Waals surface area contributed by atoms with Crippen LogP contribution >= 0.6 is 0 Å². The fourth-order valence-corrected chi connectivity index (χ4v) is 2.61. The number of benzene rings is 2. The van der Waals surface area contributed by atoms with E-state index in [1.165, 1.54) is 0 Å². The van der Waals surface area contributed by atoms with Gasteiger partial charge < -0.3 is 15.1 Å². The molecule has 2 N–H and O–H groups in total. The van der Waals surface area contributed by atoms with Crippen LogP contribution in [0.15, 0.2) is 65.2 Å². The molecular formula is C21H21N3O3. The van der Waals surface area contributed by atoms with E-state index in [1.807, 2.05) is 37.3 Å². The van der Waals surface area contributed by atoms with E-state index >= 15 is 0 Å².